The Labute approximate surface area is 138 Å². The lowest BCUT2D eigenvalue weighted by Gasteiger charge is -2.24. The van der Waals surface area contributed by atoms with Gasteiger partial charge in [0.2, 0.25) is 0 Å². The van der Waals surface area contributed by atoms with E-state index in [1.807, 2.05) is 30.6 Å². The predicted octanol–water partition coefficient (Wildman–Crippen LogP) is 0.341. The van der Waals surface area contributed by atoms with Gasteiger partial charge in [0.15, 0.2) is 23.5 Å². The van der Waals surface area contributed by atoms with Gasteiger partial charge in [-0.2, -0.15) is 0 Å². The fraction of sp³-hybridized carbons (Fsp3) is 0.533. The smallest absolute Gasteiger partial charge is 0.167 e. The van der Waals surface area contributed by atoms with Crippen molar-refractivity contribution in [3.8, 4) is 0 Å². The normalized spacial score (nSPS) is 32.0. The van der Waals surface area contributed by atoms with Crippen LogP contribution in [0.1, 0.15) is 20.1 Å². The summed E-state index contributed by atoms with van der Waals surface area (Å²) >= 11 is 0. The van der Waals surface area contributed by atoms with Crippen molar-refractivity contribution < 1.29 is 14.2 Å². The molecule has 2 saturated heterocycles. The first-order valence-corrected chi connectivity index (χ1v) is 7.81. The average molecular weight is 332 g/mol. The molecule has 2 aliphatic rings. The Morgan fingerprint density at radius 3 is 2.83 bits per heavy atom. The fourth-order valence-corrected chi connectivity index (χ4v) is 3.26. The van der Waals surface area contributed by atoms with Gasteiger partial charge in [-0.1, -0.05) is 12.2 Å². The summed E-state index contributed by atoms with van der Waals surface area (Å²) < 4.78 is 20.0. The predicted molar refractivity (Wildman–Crippen MR) is 85.7 cm³/mol. The minimum atomic E-state index is -0.684. The van der Waals surface area contributed by atoms with Crippen LogP contribution in [0.4, 0.5) is 5.82 Å². The zero-order valence-corrected chi connectivity index (χ0v) is 13.5. The number of nitrogens with zero attached hydrogens (tertiary/aromatic N) is 4. The van der Waals surface area contributed by atoms with Crippen LogP contribution < -0.4 is 11.5 Å². The van der Waals surface area contributed by atoms with Crippen LogP contribution in [-0.4, -0.2) is 50.2 Å². The molecule has 0 spiro atoms. The van der Waals surface area contributed by atoms with Crippen molar-refractivity contribution in [2.24, 2.45) is 5.73 Å². The van der Waals surface area contributed by atoms with Crippen LogP contribution in [0.15, 0.2) is 24.8 Å². The third kappa shape index (κ3) is 2.37. The second kappa shape index (κ2) is 5.49. The van der Waals surface area contributed by atoms with Gasteiger partial charge in [-0.15, -0.1) is 0 Å². The van der Waals surface area contributed by atoms with Gasteiger partial charge in [0, 0.05) is 6.54 Å². The molecule has 2 aliphatic heterocycles. The van der Waals surface area contributed by atoms with Crippen LogP contribution in [0.25, 0.3) is 11.2 Å². The number of imidazole rings is 1. The minimum absolute atomic E-state index is 0.232. The van der Waals surface area contributed by atoms with E-state index in [-0.39, 0.29) is 18.3 Å². The molecule has 4 atom stereocenters. The standard InChI is InChI=1S/C15H20N6O3/c1-15(2)23-10-8(4-3-5-16)22-14(11(10)24-15)21-7-20-9-12(17)18-6-19-13(9)21/h3-4,6-8,10-11,14H,5,16H2,1-2H3,(H2,17,18,19)/t8-,10-,11-,14-/m1/s1. The van der Waals surface area contributed by atoms with E-state index in [4.69, 9.17) is 25.7 Å². The molecule has 0 radical (unpaired) electrons. The van der Waals surface area contributed by atoms with Crippen LogP contribution in [0.2, 0.25) is 0 Å². The molecule has 0 saturated carbocycles. The molecule has 128 valence electrons. The van der Waals surface area contributed by atoms with Crippen LogP contribution in [0, 0.1) is 0 Å². The molecule has 2 aromatic heterocycles. The molecule has 0 aromatic carbocycles. The minimum Gasteiger partial charge on any atom is -0.382 e. The molecule has 0 aliphatic carbocycles. The van der Waals surface area contributed by atoms with Crippen molar-refractivity contribution in [1.82, 2.24) is 19.5 Å². The maximum atomic E-state index is 6.15. The Bertz CT molecular complexity index is 789. The first kappa shape index (κ1) is 15.5. The zero-order valence-electron chi connectivity index (χ0n) is 13.5. The fourth-order valence-electron chi connectivity index (χ4n) is 3.26. The van der Waals surface area contributed by atoms with E-state index in [9.17, 15) is 0 Å². The van der Waals surface area contributed by atoms with Gasteiger partial charge in [-0.05, 0) is 13.8 Å². The van der Waals surface area contributed by atoms with Crippen LogP contribution in [0.5, 0.6) is 0 Å². The quantitative estimate of drug-likeness (QED) is 0.771. The topological polar surface area (TPSA) is 123 Å². The molecule has 4 N–H and O–H groups in total. The summed E-state index contributed by atoms with van der Waals surface area (Å²) in [7, 11) is 0. The van der Waals surface area contributed by atoms with Crippen molar-refractivity contribution in [2.45, 2.75) is 44.2 Å². The number of hydrogen-bond acceptors (Lipinski definition) is 8. The Morgan fingerprint density at radius 1 is 1.25 bits per heavy atom. The summed E-state index contributed by atoms with van der Waals surface area (Å²) in [6.45, 7) is 4.21. The van der Waals surface area contributed by atoms with Gasteiger partial charge in [-0.3, -0.25) is 4.57 Å². The SMILES string of the molecule is CC1(C)O[C@@H]2[C@H](O1)[C@@H](C=CCN)O[C@H]2n1cnc2c(N)ncnc21. The summed E-state index contributed by atoms with van der Waals surface area (Å²) in [6.07, 6.45) is 5.59. The first-order chi connectivity index (χ1) is 11.5. The molecule has 4 heterocycles. The maximum Gasteiger partial charge on any atom is 0.167 e. The van der Waals surface area contributed by atoms with E-state index in [0.717, 1.165) is 0 Å². The van der Waals surface area contributed by atoms with Crippen LogP contribution >= 0.6 is 0 Å². The highest BCUT2D eigenvalue weighted by Gasteiger charge is 2.55. The van der Waals surface area contributed by atoms with E-state index in [0.29, 0.717) is 23.5 Å². The van der Waals surface area contributed by atoms with Crippen molar-refractivity contribution in [3.63, 3.8) is 0 Å². The monoisotopic (exact) mass is 332 g/mol. The Kier molecular flexibility index (Phi) is 3.53. The molecule has 2 aromatic rings. The number of aromatic nitrogens is 4. The second-order valence-corrected chi connectivity index (χ2v) is 6.30. The number of nitrogen functional groups attached to an aromatic ring is 1. The van der Waals surface area contributed by atoms with Crippen molar-refractivity contribution in [1.29, 1.82) is 0 Å². The van der Waals surface area contributed by atoms with Crippen molar-refractivity contribution in [2.75, 3.05) is 12.3 Å². The second-order valence-electron chi connectivity index (χ2n) is 6.30. The summed E-state index contributed by atoms with van der Waals surface area (Å²) in [5.41, 5.74) is 12.6. The molecule has 24 heavy (non-hydrogen) atoms. The highest BCUT2D eigenvalue weighted by molar-refractivity contribution is 5.81. The number of ether oxygens (including phenoxy) is 3. The lowest BCUT2D eigenvalue weighted by Crippen LogP contribution is -2.28. The summed E-state index contributed by atoms with van der Waals surface area (Å²) in [5.74, 6) is -0.354. The molecule has 0 unspecified atom stereocenters. The van der Waals surface area contributed by atoms with E-state index in [1.54, 1.807) is 6.33 Å². The third-order valence-electron chi connectivity index (χ3n) is 4.19. The zero-order chi connectivity index (χ0) is 16.9. The summed E-state index contributed by atoms with van der Waals surface area (Å²) in [5, 5.41) is 0. The van der Waals surface area contributed by atoms with Gasteiger partial charge in [0.1, 0.15) is 30.2 Å². The molecular weight excluding hydrogens is 312 g/mol. The van der Waals surface area contributed by atoms with E-state index >= 15 is 0 Å². The lowest BCUT2D eigenvalue weighted by atomic mass is 10.1. The van der Waals surface area contributed by atoms with Crippen molar-refractivity contribution in [3.05, 3.63) is 24.8 Å². The van der Waals surface area contributed by atoms with Gasteiger partial charge < -0.3 is 25.7 Å². The van der Waals surface area contributed by atoms with Crippen molar-refractivity contribution >= 4 is 17.0 Å². The Hall–Kier alpha value is -2.07. The van der Waals surface area contributed by atoms with Gasteiger partial charge in [0.25, 0.3) is 0 Å². The third-order valence-corrected chi connectivity index (χ3v) is 4.19. The highest BCUT2D eigenvalue weighted by atomic mass is 16.8. The number of anilines is 1. The van der Waals surface area contributed by atoms with Crippen LogP contribution in [0.3, 0.4) is 0 Å². The van der Waals surface area contributed by atoms with Gasteiger partial charge in [0.05, 0.1) is 6.33 Å². The maximum absolute atomic E-state index is 6.15. The number of fused-ring (bicyclic) bond motifs is 2. The molecular formula is C15H20N6O3. The van der Waals surface area contributed by atoms with E-state index in [1.165, 1.54) is 6.33 Å². The molecule has 4 rings (SSSR count). The average Bonchev–Trinajstić information content (AvgIpc) is 3.17. The lowest BCUT2D eigenvalue weighted by molar-refractivity contribution is -0.191. The number of nitrogens with two attached hydrogens (primary N) is 2. The molecule has 9 heteroatoms. The first-order valence-electron chi connectivity index (χ1n) is 7.81. The Morgan fingerprint density at radius 2 is 2.04 bits per heavy atom. The number of rotatable bonds is 3. The molecule has 0 bridgehead atoms. The molecule has 0 amide bonds. The summed E-state index contributed by atoms with van der Waals surface area (Å²) in [6, 6.07) is 0. The molecule has 2 fully saturated rings. The van der Waals surface area contributed by atoms with Gasteiger partial charge >= 0.3 is 0 Å². The largest absolute Gasteiger partial charge is 0.382 e. The molecule has 9 nitrogen and oxygen atoms in total. The number of hydrogen-bond donors (Lipinski definition) is 2. The summed E-state index contributed by atoms with van der Waals surface area (Å²) in [4.78, 5) is 12.5. The van der Waals surface area contributed by atoms with Crippen LogP contribution in [-0.2, 0) is 14.2 Å². The van der Waals surface area contributed by atoms with E-state index in [2.05, 4.69) is 15.0 Å². The Balaban J connectivity index is 1.74. The highest BCUT2D eigenvalue weighted by Crippen LogP contribution is 2.44. The van der Waals surface area contributed by atoms with E-state index < -0.39 is 12.0 Å². The van der Waals surface area contributed by atoms with Gasteiger partial charge in [-0.25, -0.2) is 15.0 Å².